The fourth-order valence-corrected chi connectivity index (χ4v) is 3.32. The first-order valence-corrected chi connectivity index (χ1v) is 8.02. The number of rotatable bonds is 3. The predicted octanol–water partition coefficient (Wildman–Crippen LogP) is 2.15. The van der Waals surface area contributed by atoms with Crippen molar-refractivity contribution in [2.75, 3.05) is 17.2 Å². The third kappa shape index (κ3) is 3.64. The average Bonchev–Trinajstić information content (AvgIpc) is 2.60. The van der Waals surface area contributed by atoms with Gasteiger partial charge in [0, 0.05) is 29.6 Å². The van der Waals surface area contributed by atoms with E-state index in [4.69, 9.17) is 11.6 Å². The Morgan fingerprint density at radius 2 is 2.26 bits per heavy atom. The van der Waals surface area contributed by atoms with E-state index in [0.717, 1.165) is 0 Å². The molecule has 9 heteroatoms. The van der Waals surface area contributed by atoms with Crippen LogP contribution in [0.3, 0.4) is 0 Å². The van der Waals surface area contributed by atoms with Gasteiger partial charge < -0.3 is 4.90 Å². The lowest BCUT2D eigenvalue weighted by Gasteiger charge is -2.17. The SMILES string of the molecule is O=C1CC(CS(=O)(=O)F)CN1c1cc(Br)cnc1Cl. The summed E-state index contributed by atoms with van der Waals surface area (Å²) in [6, 6.07) is 1.61. The number of aromatic nitrogens is 1. The molecule has 104 valence electrons. The van der Waals surface area contributed by atoms with Crippen LogP contribution in [-0.4, -0.2) is 31.6 Å². The molecule has 2 heterocycles. The van der Waals surface area contributed by atoms with Gasteiger partial charge in [0.25, 0.3) is 0 Å². The molecule has 0 aliphatic carbocycles. The van der Waals surface area contributed by atoms with Gasteiger partial charge in [-0.15, -0.1) is 3.89 Å². The molecule has 1 saturated heterocycles. The minimum atomic E-state index is -4.59. The van der Waals surface area contributed by atoms with Crippen LogP contribution in [0, 0.1) is 5.92 Å². The summed E-state index contributed by atoms with van der Waals surface area (Å²) in [5, 5.41) is 0.139. The van der Waals surface area contributed by atoms with Crippen molar-refractivity contribution in [2.45, 2.75) is 6.42 Å². The second kappa shape index (κ2) is 5.34. The van der Waals surface area contributed by atoms with Crippen LogP contribution in [0.4, 0.5) is 9.57 Å². The Balaban J connectivity index is 2.23. The number of carbonyl (C=O) groups excluding carboxylic acids is 1. The van der Waals surface area contributed by atoms with E-state index in [9.17, 15) is 17.1 Å². The number of pyridine rings is 1. The van der Waals surface area contributed by atoms with Crippen molar-refractivity contribution in [1.82, 2.24) is 4.98 Å². The molecule has 1 unspecified atom stereocenters. The summed E-state index contributed by atoms with van der Waals surface area (Å²) in [5.41, 5.74) is 0.389. The van der Waals surface area contributed by atoms with E-state index < -0.39 is 21.9 Å². The van der Waals surface area contributed by atoms with Crippen molar-refractivity contribution in [3.05, 3.63) is 21.9 Å². The van der Waals surface area contributed by atoms with Gasteiger partial charge in [0.1, 0.15) is 0 Å². The quantitative estimate of drug-likeness (QED) is 0.603. The van der Waals surface area contributed by atoms with E-state index in [2.05, 4.69) is 20.9 Å². The first-order chi connectivity index (χ1) is 8.76. The number of halogens is 3. The van der Waals surface area contributed by atoms with Gasteiger partial charge in [-0.25, -0.2) is 4.98 Å². The summed E-state index contributed by atoms with van der Waals surface area (Å²) < 4.78 is 34.5. The van der Waals surface area contributed by atoms with Crippen molar-refractivity contribution < 1.29 is 17.1 Å². The van der Waals surface area contributed by atoms with Crippen molar-refractivity contribution >= 4 is 49.3 Å². The molecule has 1 aromatic heterocycles. The maximum atomic E-state index is 12.6. The van der Waals surface area contributed by atoms with E-state index >= 15 is 0 Å². The lowest BCUT2D eigenvalue weighted by Crippen LogP contribution is -2.25. The minimum Gasteiger partial charge on any atom is -0.309 e. The second-order valence-corrected chi connectivity index (χ2v) is 6.93. The summed E-state index contributed by atoms with van der Waals surface area (Å²) in [6.07, 6.45) is 1.46. The summed E-state index contributed by atoms with van der Waals surface area (Å²) in [7, 11) is -4.59. The van der Waals surface area contributed by atoms with E-state index in [-0.39, 0.29) is 24.0 Å². The molecule has 1 aromatic rings. The summed E-state index contributed by atoms with van der Waals surface area (Å²) in [6.45, 7) is 0.111. The second-order valence-electron chi connectivity index (χ2n) is 4.24. The van der Waals surface area contributed by atoms with Gasteiger partial charge in [-0.05, 0) is 22.0 Å². The molecule has 1 aliphatic rings. The molecule has 0 bridgehead atoms. The Morgan fingerprint density at radius 1 is 1.58 bits per heavy atom. The molecule has 1 aliphatic heterocycles. The predicted molar refractivity (Wildman–Crippen MR) is 72.3 cm³/mol. The number of carbonyl (C=O) groups is 1. The fraction of sp³-hybridized carbons (Fsp3) is 0.400. The number of amides is 1. The van der Waals surface area contributed by atoms with Crippen LogP contribution >= 0.6 is 27.5 Å². The number of nitrogens with zero attached hydrogens (tertiary/aromatic N) is 2. The third-order valence-electron chi connectivity index (χ3n) is 2.72. The van der Waals surface area contributed by atoms with Crippen LogP contribution in [0.2, 0.25) is 5.15 Å². The molecule has 19 heavy (non-hydrogen) atoms. The zero-order valence-corrected chi connectivity index (χ0v) is 12.7. The minimum absolute atomic E-state index is 0.0218. The molecule has 2 rings (SSSR count). The van der Waals surface area contributed by atoms with Gasteiger partial charge in [0.05, 0.1) is 11.4 Å². The van der Waals surface area contributed by atoms with Gasteiger partial charge in [0.15, 0.2) is 5.15 Å². The maximum Gasteiger partial charge on any atom is 0.302 e. The number of hydrogen-bond donors (Lipinski definition) is 0. The van der Waals surface area contributed by atoms with Crippen LogP contribution in [0.1, 0.15) is 6.42 Å². The van der Waals surface area contributed by atoms with E-state index in [1.807, 2.05) is 0 Å². The summed E-state index contributed by atoms with van der Waals surface area (Å²) >= 11 is 9.12. The highest BCUT2D eigenvalue weighted by molar-refractivity contribution is 9.10. The van der Waals surface area contributed by atoms with E-state index in [1.165, 1.54) is 11.1 Å². The molecule has 1 fully saturated rings. The van der Waals surface area contributed by atoms with Crippen molar-refractivity contribution in [3.8, 4) is 0 Å². The lowest BCUT2D eigenvalue weighted by molar-refractivity contribution is -0.117. The monoisotopic (exact) mass is 370 g/mol. The first kappa shape index (κ1) is 14.7. The van der Waals surface area contributed by atoms with E-state index in [1.54, 1.807) is 6.07 Å². The normalized spacial score (nSPS) is 20.1. The highest BCUT2D eigenvalue weighted by atomic mass is 79.9. The Morgan fingerprint density at radius 3 is 2.89 bits per heavy atom. The maximum absolute atomic E-state index is 12.6. The van der Waals surface area contributed by atoms with Gasteiger partial charge in [-0.3, -0.25) is 4.79 Å². The summed E-state index contributed by atoms with van der Waals surface area (Å²) in [5.74, 6) is -1.53. The molecular weight excluding hydrogens is 363 g/mol. The molecule has 1 amide bonds. The van der Waals surface area contributed by atoms with Crippen LogP contribution in [0.25, 0.3) is 0 Å². The van der Waals surface area contributed by atoms with Crippen LogP contribution in [0.5, 0.6) is 0 Å². The largest absolute Gasteiger partial charge is 0.309 e. The van der Waals surface area contributed by atoms with Crippen LogP contribution in [-0.2, 0) is 15.0 Å². The van der Waals surface area contributed by atoms with E-state index in [0.29, 0.717) is 10.2 Å². The third-order valence-corrected chi connectivity index (χ3v) is 4.31. The Hall–Kier alpha value is -0.730. The standard InChI is InChI=1S/C10H9BrClFN2O3S/c11-7-2-8(10(12)14-3-7)15-4-6(1-9(15)16)5-19(13,17)18/h2-3,6H,1,4-5H2. The van der Waals surface area contributed by atoms with Gasteiger partial charge in [-0.2, -0.15) is 8.42 Å². The smallest absolute Gasteiger partial charge is 0.302 e. The van der Waals surface area contributed by atoms with Crippen LogP contribution in [0.15, 0.2) is 16.7 Å². The van der Waals surface area contributed by atoms with Crippen LogP contribution < -0.4 is 4.90 Å². The highest BCUT2D eigenvalue weighted by Crippen LogP contribution is 2.32. The van der Waals surface area contributed by atoms with Gasteiger partial charge in [0.2, 0.25) is 5.91 Å². The van der Waals surface area contributed by atoms with Crippen molar-refractivity contribution in [2.24, 2.45) is 5.92 Å². The topological polar surface area (TPSA) is 67.3 Å². The number of hydrogen-bond acceptors (Lipinski definition) is 4. The Kier molecular flexibility index (Phi) is 4.12. The number of anilines is 1. The molecule has 0 aromatic carbocycles. The first-order valence-electron chi connectivity index (χ1n) is 5.30. The lowest BCUT2D eigenvalue weighted by atomic mass is 10.1. The highest BCUT2D eigenvalue weighted by Gasteiger charge is 2.34. The molecular formula is C10H9BrClFN2O3S. The zero-order chi connectivity index (χ0) is 14.2. The Bertz CT molecular complexity index is 625. The van der Waals surface area contributed by atoms with Gasteiger partial charge in [-0.1, -0.05) is 11.6 Å². The Labute approximate surface area is 123 Å². The fourth-order valence-electron chi connectivity index (χ4n) is 2.01. The summed E-state index contributed by atoms with van der Waals surface area (Å²) in [4.78, 5) is 17.1. The molecule has 0 N–H and O–H groups in total. The zero-order valence-electron chi connectivity index (χ0n) is 9.51. The van der Waals surface area contributed by atoms with Crippen molar-refractivity contribution in [3.63, 3.8) is 0 Å². The molecule has 1 atom stereocenters. The van der Waals surface area contributed by atoms with Crippen molar-refractivity contribution in [1.29, 1.82) is 0 Å². The average molecular weight is 372 g/mol. The van der Waals surface area contributed by atoms with Gasteiger partial charge >= 0.3 is 10.2 Å². The molecule has 0 spiro atoms. The molecule has 5 nitrogen and oxygen atoms in total. The molecule has 0 saturated carbocycles. The molecule has 0 radical (unpaired) electrons.